The Labute approximate surface area is 87.4 Å². The van der Waals surface area contributed by atoms with E-state index in [1.54, 1.807) is 19.1 Å². The van der Waals surface area contributed by atoms with Crippen molar-refractivity contribution in [2.24, 2.45) is 0 Å². The normalized spacial score (nSPS) is 11.5. The molecule has 1 aromatic heterocycles. The van der Waals surface area contributed by atoms with Crippen molar-refractivity contribution < 1.29 is 9.90 Å². The number of carboxylic acid groups (broad SMARTS) is 1. The van der Waals surface area contributed by atoms with E-state index in [4.69, 9.17) is 10.4 Å². The predicted molar refractivity (Wildman–Crippen MR) is 54.4 cm³/mol. The molecular formula is C10H11N3O2. The van der Waals surface area contributed by atoms with Crippen LogP contribution >= 0.6 is 0 Å². The molecule has 0 aromatic carbocycles. The maximum absolute atomic E-state index is 10.6. The van der Waals surface area contributed by atoms with Gasteiger partial charge in [0.2, 0.25) is 0 Å². The standard InChI is InChI=1S/C10H11N3O2/c1-6-3-4-9(13-8(6)5-11)12-7(2)10(14)15/h3-4,7H,1-2H3,(H,12,13)(H,14,15)/t7-/m1/s1. The molecule has 0 fully saturated rings. The highest BCUT2D eigenvalue weighted by atomic mass is 16.4. The van der Waals surface area contributed by atoms with Gasteiger partial charge in [-0.15, -0.1) is 0 Å². The fourth-order valence-electron chi connectivity index (χ4n) is 1.01. The van der Waals surface area contributed by atoms with E-state index in [9.17, 15) is 4.79 Å². The van der Waals surface area contributed by atoms with Crippen LogP contribution in [0.15, 0.2) is 12.1 Å². The second-order valence-electron chi connectivity index (χ2n) is 3.18. The van der Waals surface area contributed by atoms with E-state index in [1.807, 2.05) is 6.07 Å². The fourth-order valence-corrected chi connectivity index (χ4v) is 1.01. The van der Waals surface area contributed by atoms with E-state index in [0.29, 0.717) is 11.5 Å². The zero-order chi connectivity index (χ0) is 11.4. The first-order valence-corrected chi connectivity index (χ1v) is 4.41. The summed E-state index contributed by atoms with van der Waals surface area (Å²) in [6.07, 6.45) is 0. The van der Waals surface area contributed by atoms with Crippen LogP contribution < -0.4 is 5.32 Å². The lowest BCUT2D eigenvalue weighted by Crippen LogP contribution is -2.25. The van der Waals surface area contributed by atoms with Gasteiger partial charge < -0.3 is 10.4 Å². The monoisotopic (exact) mass is 205 g/mol. The van der Waals surface area contributed by atoms with Gasteiger partial charge in [-0.25, -0.2) is 4.98 Å². The first-order valence-electron chi connectivity index (χ1n) is 4.41. The van der Waals surface area contributed by atoms with E-state index in [2.05, 4.69) is 10.3 Å². The van der Waals surface area contributed by atoms with Gasteiger partial charge in [-0.3, -0.25) is 4.79 Å². The van der Waals surface area contributed by atoms with Crippen molar-refractivity contribution in [3.8, 4) is 6.07 Å². The first kappa shape index (κ1) is 11.0. The predicted octanol–water partition coefficient (Wildman–Crippen LogP) is 1.15. The molecule has 1 heterocycles. The summed E-state index contributed by atoms with van der Waals surface area (Å²) in [4.78, 5) is 14.5. The number of anilines is 1. The molecule has 1 atom stereocenters. The summed E-state index contributed by atoms with van der Waals surface area (Å²) in [6, 6.07) is 4.58. The third-order valence-electron chi connectivity index (χ3n) is 1.94. The van der Waals surface area contributed by atoms with Gasteiger partial charge >= 0.3 is 5.97 Å². The Hall–Kier alpha value is -2.09. The molecule has 2 N–H and O–H groups in total. The summed E-state index contributed by atoms with van der Waals surface area (Å²) in [6.45, 7) is 3.28. The van der Waals surface area contributed by atoms with Crippen LogP contribution in [0.3, 0.4) is 0 Å². The quantitative estimate of drug-likeness (QED) is 0.772. The number of aromatic nitrogens is 1. The molecule has 0 bridgehead atoms. The summed E-state index contributed by atoms with van der Waals surface area (Å²) in [5, 5.41) is 20.1. The molecule has 5 heteroatoms. The molecule has 0 saturated heterocycles. The summed E-state index contributed by atoms with van der Waals surface area (Å²) in [5.41, 5.74) is 1.07. The highest BCUT2D eigenvalue weighted by Gasteiger charge is 2.11. The second-order valence-corrected chi connectivity index (χ2v) is 3.18. The van der Waals surface area contributed by atoms with Gasteiger partial charge in [-0.2, -0.15) is 5.26 Å². The van der Waals surface area contributed by atoms with Crippen molar-refractivity contribution in [3.63, 3.8) is 0 Å². The van der Waals surface area contributed by atoms with Crippen molar-refractivity contribution in [1.29, 1.82) is 5.26 Å². The van der Waals surface area contributed by atoms with Crippen molar-refractivity contribution in [1.82, 2.24) is 4.98 Å². The SMILES string of the molecule is Cc1ccc(N[C@H](C)C(=O)O)nc1C#N. The van der Waals surface area contributed by atoms with Crippen molar-refractivity contribution in [2.75, 3.05) is 5.32 Å². The van der Waals surface area contributed by atoms with Crippen LogP contribution in [0.25, 0.3) is 0 Å². The van der Waals surface area contributed by atoms with Crippen LogP contribution in [-0.4, -0.2) is 22.1 Å². The number of aryl methyl sites for hydroxylation is 1. The number of hydrogen-bond acceptors (Lipinski definition) is 4. The van der Waals surface area contributed by atoms with Gasteiger partial charge in [0.1, 0.15) is 23.6 Å². The lowest BCUT2D eigenvalue weighted by atomic mass is 10.2. The van der Waals surface area contributed by atoms with Crippen LogP contribution in [0, 0.1) is 18.3 Å². The highest BCUT2D eigenvalue weighted by molar-refractivity contribution is 5.76. The number of hydrogen-bond donors (Lipinski definition) is 2. The van der Waals surface area contributed by atoms with Gasteiger partial charge in [0.05, 0.1) is 0 Å². The Morgan fingerprint density at radius 3 is 2.87 bits per heavy atom. The minimum Gasteiger partial charge on any atom is -0.480 e. The number of nitrogens with one attached hydrogen (secondary N) is 1. The largest absolute Gasteiger partial charge is 0.480 e. The molecule has 0 saturated carbocycles. The van der Waals surface area contributed by atoms with E-state index < -0.39 is 12.0 Å². The van der Waals surface area contributed by atoms with Gasteiger partial charge in [-0.05, 0) is 25.5 Å². The number of carboxylic acids is 1. The van der Waals surface area contributed by atoms with Crippen LogP contribution in [0.4, 0.5) is 5.82 Å². The molecule has 0 spiro atoms. The molecule has 0 unspecified atom stereocenters. The van der Waals surface area contributed by atoms with Crippen molar-refractivity contribution in [3.05, 3.63) is 23.4 Å². The lowest BCUT2D eigenvalue weighted by molar-refractivity contribution is -0.137. The smallest absolute Gasteiger partial charge is 0.325 e. The average Bonchev–Trinajstić information content (AvgIpc) is 2.20. The Morgan fingerprint density at radius 2 is 2.33 bits per heavy atom. The zero-order valence-corrected chi connectivity index (χ0v) is 8.48. The number of aliphatic carboxylic acids is 1. The molecular weight excluding hydrogens is 194 g/mol. The average molecular weight is 205 g/mol. The summed E-state index contributed by atoms with van der Waals surface area (Å²) in [7, 11) is 0. The number of carbonyl (C=O) groups is 1. The zero-order valence-electron chi connectivity index (χ0n) is 8.48. The third kappa shape index (κ3) is 2.68. The van der Waals surface area contributed by atoms with Gasteiger partial charge in [0, 0.05) is 0 Å². The Kier molecular flexibility index (Phi) is 3.24. The number of pyridine rings is 1. The number of rotatable bonds is 3. The Morgan fingerprint density at radius 1 is 1.67 bits per heavy atom. The third-order valence-corrected chi connectivity index (χ3v) is 1.94. The fraction of sp³-hybridized carbons (Fsp3) is 0.300. The van der Waals surface area contributed by atoms with Gasteiger partial charge in [0.15, 0.2) is 0 Å². The molecule has 0 amide bonds. The van der Waals surface area contributed by atoms with Crippen molar-refractivity contribution >= 4 is 11.8 Å². The number of nitriles is 1. The topological polar surface area (TPSA) is 86.0 Å². The van der Waals surface area contributed by atoms with Gasteiger partial charge in [0.25, 0.3) is 0 Å². The molecule has 0 aliphatic rings. The van der Waals surface area contributed by atoms with Crippen LogP contribution in [0.5, 0.6) is 0 Å². The van der Waals surface area contributed by atoms with Crippen LogP contribution in [-0.2, 0) is 4.79 Å². The maximum atomic E-state index is 10.6. The first-order chi connectivity index (χ1) is 7.04. The minimum absolute atomic E-state index is 0.303. The highest BCUT2D eigenvalue weighted by Crippen LogP contribution is 2.10. The van der Waals surface area contributed by atoms with Crippen molar-refractivity contribution in [2.45, 2.75) is 19.9 Å². The molecule has 15 heavy (non-hydrogen) atoms. The van der Waals surface area contributed by atoms with Crippen LogP contribution in [0.2, 0.25) is 0 Å². The lowest BCUT2D eigenvalue weighted by Gasteiger charge is -2.10. The molecule has 0 aliphatic heterocycles. The maximum Gasteiger partial charge on any atom is 0.325 e. The van der Waals surface area contributed by atoms with Gasteiger partial charge in [-0.1, -0.05) is 6.07 Å². The summed E-state index contributed by atoms with van der Waals surface area (Å²) in [5.74, 6) is -0.567. The summed E-state index contributed by atoms with van der Waals surface area (Å²) < 4.78 is 0. The number of nitrogens with zero attached hydrogens (tertiary/aromatic N) is 2. The molecule has 1 aromatic rings. The second kappa shape index (κ2) is 4.42. The molecule has 5 nitrogen and oxygen atoms in total. The minimum atomic E-state index is -0.962. The van der Waals surface area contributed by atoms with E-state index in [1.165, 1.54) is 6.92 Å². The van der Waals surface area contributed by atoms with E-state index in [-0.39, 0.29) is 0 Å². The molecule has 0 aliphatic carbocycles. The Balaban J connectivity index is 2.89. The van der Waals surface area contributed by atoms with E-state index >= 15 is 0 Å². The molecule has 1 rings (SSSR count). The van der Waals surface area contributed by atoms with E-state index in [0.717, 1.165) is 5.56 Å². The molecule has 78 valence electrons. The molecule has 0 radical (unpaired) electrons. The Bertz CT molecular complexity index is 423. The van der Waals surface area contributed by atoms with Crippen LogP contribution in [0.1, 0.15) is 18.2 Å². The summed E-state index contributed by atoms with van der Waals surface area (Å²) >= 11 is 0.